The summed E-state index contributed by atoms with van der Waals surface area (Å²) in [7, 11) is -3.73. The molecule has 0 saturated carbocycles. The standard InChI is InChI=1S/C11H8BrCl2NO2S2/c1-6-4-7(12)2-3-8(6)15-19(16,17)9-5-10(13)18-11(9)14/h2-5,15H,1H3. The van der Waals surface area contributed by atoms with Crippen molar-refractivity contribution in [3.05, 3.63) is 43.0 Å². The maximum Gasteiger partial charge on any atom is 0.264 e. The van der Waals surface area contributed by atoms with Crippen LogP contribution in [0.4, 0.5) is 5.69 Å². The first-order chi connectivity index (χ1) is 8.79. The number of hydrogen-bond acceptors (Lipinski definition) is 3. The summed E-state index contributed by atoms with van der Waals surface area (Å²) in [4.78, 5) is -0.00788. The van der Waals surface area contributed by atoms with Crippen molar-refractivity contribution in [2.45, 2.75) is 11.8 Å². The van der Waals surface area contributed by atoms with E-state index in [0.717, 1.165) is 21.4 Å². The summed E-state index contributed by atoms with van der Waals surface area (Å²) in [5.41, 5.74) is 1.30. The van der Waals surface area contributed by atoms with Crippen LogP contribution in [-0.4, -0.2) is 8.42 Å². The molecule has 19 heavy (non-hydrogen) atoms. The van der Waals surface area contributed by atoms with Gasteiger partial charge in [0.1, 0.15) is 9.23 Å². The molecule has 1 aromatic carbocycles. The summed E-state index contributed by atoms with van der Waals surface area (Å²) >= 11 is 16.0. The van der Waals surface area contributed by atoms with Gasteiger partial charge in [-0.05, 0) is 36.8 Å². The molecule has 0 atom stereocenters. The summed E-state index contributed by atoms with van der Waals surface area (Å²) in [6.45, 7) is 1.81. The molecule has 0 unspecified atom stereocenters. The number of thiophene rings is 1. The number of halogens is 3. The molecule has 0 aliphatic rings. The van der Waals surface area contributed by atoms with Crippen molar-refractivity contribution in [2.24, 2.45) is 0 Å². The highest BCUT2D eigenvalue weighted by Gasteiger charge is 2.21. The molecule has 0 bridgehead atoms. The third-order valence-corrected chi connectivity index (χ3v) is 5.96. The van der Waals surface area contributed by atoms with E-state index in [9.17, 15) is 8.42 Å². The Morgan fingerprint density at radius 1 is 1.26 bits per heavy atom. The molecule has 0 aliphatic carbocycles. The predicted molar refractivity (Wildman–Crippen MR) is 84.0 cm³/mol. The van der Waals surface area contributed by atoms with Crippen molar-refractivity contribution in [2.75, 3.05) is 4.72 Å². The van der Waals surface area contributed by atoms with E-state index in [0.29, 0.717) is 10.0 Å². The molecule has 0 amide bonds. The largest absolute Gasteiger partial charge is 0.279 e. The van der Waals surface area contributed by atoms with Crippen molar-refractivity contribution in [3.8, 4) is 0 Å². The molecular weight excluding hydrogens is 393 g/mol. The van der Waals surface area contributed by atoms with Crippen molar-refractivity contribution in [3.63, 3.8) is 0 Å². The highest BCUT2D eigenvalue weighted by molar-refractivity contribution is 9.10. The average molecular weight is 401 g/mol. The Kier molecular flexibility index (Phi) is 4.47. The van der Waals surface area contributed by atoms with E-state index in [1.807, 2.05) is 13.0 Å². The van der Waals surface area contributed by atoms with Crippen LogP contribution in [0.25, 0.3) is 0 Å². The Morgan fingerprint density at radius 3 is 2.47 bits per heavy atom. The highest BCUT2D eigenvalue weighted by Crippen LogP contribution is 2.35. The third kappa shape index (κ3) is 3.44. The molecule has 2 rings (SSSR count). The van der Waals surface area contributed by atoms with Crippen LogP contribution in [0, 0.1) is 6.92 Å². The van der Waals surface area contributed by atoms with Gasteiger partial charge in [-0.25, -0.2) is 8.42 Å². The number of rotatable bonds is 3. The fraction of sp³-hybridized carbons (Fsp3) is 0.0909. The van der Waals surface area contributed by atoms with Gasteiger partial charge in [0.15, 0.2) is 0 Å². The second-order valence-corrected chi connectivity index (χ2v) is 8.61. The molecule has 0 saturated heterocycles. The van der Waals surface area contributed by atoms with Crippen molar-refractivity contribution in [1.82, 2.24) is 0 Å². The van der Waals surface area contributed by atoms with E-state index < -0.39 is 10.0 Å². The van der Waals surface area contributed by atoms with E-state index in [-0.39, 0.29) is 9.23 Å². The van der Waals surface area contributed by atoms with Crippen LogP contribution in [0.2, 0.25) is 8.67 Å². The summed E-state index contributed by atoms with van der Waals surface area (Å²) < 4.78 is 28.3. The Bertz CT molecular complexity index is 728. The first kappa shape index (κ1) is 15.1. The lowest BCUT2D eigenvalue weighted by Gasteiger charge is -2.10. The van der Waals surface area contributed by atoms with Crippen LogP contribution in [0.1, 0.15) is 5.56 Å². The van der Waals surface area contributed by atoms with E-state index in [4.69, 9.17) is 23.2 Å². The van der Waals surface area contributed by atoms with Crippen LogP contribution in [0.5, 0.6) is 0 Å². The second-order valence-electron chi connectivity index (χ2n) is 3.75. The van der Waals surface area contributed by atoms with Crippen LogP contribution >= 0.6 is 50.5 Å². The topological polar surface area (TPSA) is 46.2 Å². The normalized spacial score (nSPS) is 11.6. The molecule has 0 aliphatic heterocycles. The van der Waals surface area contributed by atoms with Crippen LogP contribution in [0.3, 0.4) is 0 Å². The quantitative estimate of drug-likeness (QED) is 0.793. The maximum absolute atomic E-state index is 12.2. The molecule has 1 aromatic heterocycles. The van der Waals surface area contributed by atoms with Gasteiger partial charge in [-0.3, -0.25) is 4.72 Å². The van der Waals surface area contributed by atoms with E-state index in [2.05, 4.69) is 20.7 Å². The van der Waals surface area contributed by atoms with Crippen LogP contribution in [0.15, 0.2) is 33.6 Å². The zero-order valence-electron chi connectivity index (χ0n) is 9.58. The molecule has 0 radical (unpaired) electrons. The van der Waals surface area contributed by atoms with Crippen molar-refractivity contribution in [1.29, 1.82) is 0 Å². The van der Waals surface area contributed by atoms with Gasteiger partial charge < -0.3 is 0 Å². The van der Waals surface area contributed by atoms with E-state index >= 15 is 0 Å². The second kappa shape index (κ2) is 5.61. The minimum absolute atomic E-state index is 0.00788. The van der Waals surface area contributed by atoms with Crippen LogP contribution in [-0.2, 0) is 10.0 Å². The number of benzene rings is 1. The van der Waals surface area contributed by atoms with Gasteiger partial charge in [-0.2, -0.15) is 0 Å². The molecular formula is C11H8BrCl2NO2S2. The summed E-state index contributed by atoms with van der Waals surface area (Å²) in [5, 5.41) is 0. The van der Waals surface area contributed by atoms with Gasteiger partial charge in [-0.15, -0.1) is 11.3 Å². The molecule has 8 heteroatoms. The van der Waals surface area contributed by atoms with Crippen molar-refractivity contribution >= 4 is 66.2 Å². The summed E-state index contributed by atoms with van der Waals surface area (Å²) in [6.07, 6.45) is 0. The highest BCUT2D eigenvalue weighted by atomic mass is 79.9. The lowest BCUT2D eigenvalue weighted by molar-refractivity contribution is 0.601. The Labute approximate surface area is 133 Å². The minimum Gasteiger partial charge on any atom is -0.279 e. The number of aryl methyl sites for hydroxylation is 1. The Hall–Kier alpha value is -0.270. The molecule has 102 valence electrons. The minimum atomic E-state index is -3.73. The summed E-state index contributed by atoms with van der Waals surface area (Å²) in [5.74, 6) is 0. The predicted octanol–water partition coefficient (Wildman–Crippen LogP) is 4.93. The van der Waals surface area contributed by atoms with Gasteiger partial charge >= 0.3 is 0 Å². The van der Waals surface area contributed by atoms with Crippen molar-refractivity contribution < 1.29 is 8.42 Å². The lowest BCUT2D eigenvalue weighted by atomic mass is 10.2. The molecule has 0 fully saturated rings. The zero-order valence-corrected chi connectivity index (χ0v) is 14.3. The molecule has 2 aromatic rings. The maximum atomic E-state index is 12.2. The molecule has 3 nitrogen and oxygen atoms in total. The van der Waals surface area contributed by atoms with E-state index in [1.165, 1.54) is 6.07 Å². The third-order valence-electron chi connectivity index (χ3n) is 2.35. The molecule has 0 spiro atoms. The fourth-order valence-corrected chi connectivity index (χ4v) is 5.21. The average Bonchev–Trinajstić information content (AvgIpc) is 2.63. The number of sulfonamides is 1. The Balaban J connectivity index is 2.39. The van der Waals surface area contributed by atoms with Gasteiger partial charge in [-0.1, -0.05) is 39.1 Å². The smallest absolute Gasteiger partial charge is 0.264 e. The van der Waals surface area contributed by atoms with Gasteiger partial charge in [0.25, 0.3) is 10.0 Å². The molecule has 1 N–H and O–H groups in total. The number of nitrogens with one attached hydrogen (secondary N) is 1. The SMILES string of the molecule is Cc1cc(Br)ccc1NS(=O)(=O)c1cc(Cl)sc1Cl. The number of hydrogen-bond donors (Lipinski definition) is 1. The lowest BCUT2D eigenvalue weighted by Crippen LogP contribution is -2.13. The summed E-state index contributed by atoms with van der Waals surface area (Å²) in [6, 6.07) is 6.59. The van der Waals surface area contributed by atoms with Gasteiger partial charge in [0.05, 0.1) is 10.0 Å². The molecule has 1 heterocycles. The number of anilines is 1. The fourth-order valence-electron chi connectivity index (χ4n) is 1.45. The Morgan fingerprint density at radius 2 is 1.95 bits per heavy atom. The monoisotopic (exact) mass is 399 g/mol. The van der Waals surface area contributed by atoms with E-state index in [1.54, 1.807) is 12.1 Å². The van der Waals surface area contributed by atoms with Gasteiger partial charge in [0, 0.05) is 4.47 Å². The first-order valence-electron chi connectivity index (χ1n) is 5.03. The van der Waals surface area contributed by atoms with Gasteiger partial charge in [0.2, 0.25) is 0 Å². The zero-order chi connectivity index (χ0) is 14.2. The van der Waals surface area contributed by atoms with Crippen LogP contribution < -0.4 is 4.72 Å². The first-order valence-corrected chi connectivity index (χ1v) is 8.88.